The predicted octanol–water partition coefficient (Wildman–Crippen LogP) is 4.97. The lowest BCUT2D eigenvalue weighted by Gasteiger charge is -2.33. The molecule has 2 amide bonds. The average Bonchev–Trinajstić information content (AvgIpc) is 2.88. The minimum absolute atomic E-state index is 0.0000908. The van der Waals surface area contributed by atoms with Crippen molar-refractivity contribution in [3.63, 3.8) is 0 Å². The third-order valence-corrected chi connectivity index (χ3v) is 8.08. The minimum Gasteiger partial charge on any atom is -0.352 e. The summed E-state index contributed by atoms with van der Waals surface area (Å²) in [4.78, 5) is 28.5. The Kier molecular flexibility index (Phi) is 9.86. The van der Waals surface area contributed by atoms with E-state index < -0.39 is 34.3 Å². The van der Waals surface area contributed by atoms with Crippen molar-refractivity contribution >= 4 is 27.5 Å². The zero-order chi connectivity index (χ0) is 28.7. The quantitative estimate of drug-likeness (QED) is 0.363. The van der Waals surface area contributed by atoms with Gasteiger partial charge in [0, 0.05) is 12.6 Å². The monoisotopic (exact) mass is 553 g/mol. The lowest BCUT2D eigenvalue weighted by atomic mass is 10.1. The summed E-state index contributed by atoms with van der Waals surface area (Å²) in [6.45, 7) is 8.81. The Morgan fingerprint density at radius 2 is 1.41 bits per heavy atom. The highest BCUT2D eigenvalue weighted by Crippen LogP contribution is 2.25. The summed E-state index contributed by atoms with van der Waals surface area (Å²) in [5.74, 6) is -1.40. The third kappa shape index (κ3) is 7.66. The van der Waals surface area contributed by atoms with E-state index in [1.54, 1.807) is 19.1 Å². The molecule has 0 fully saturated rings. The van der Waals surface area contributed by atoms with Gasteiger partial charge in [0.25, 0.3) is 10.0 Å². The molecule has 3 aromatic rings. The first kappa shape index (κ1) is 29.8. The second-order valence-electron chi connectivity index (χ2n) is 9.90. The van der Waals surface area contributed by atoms with Gasteiger partial charge in [-0.3, -0.25) is 13.9 Å². The molecule has 0 spiro atoms. The van der Waals surface area contributed by atoms with Crippen LogP contribution in [-0.4, -0.2) is 43.8 Å². The molecule has 0 saturated heterocycles. The fraction of sp³-hybridized carbons (Fsp3) is 0.333. The molecule has 39 heavy (non-hydrogen) atoms. The van der Waals surface area contributed by atoms with Gasteiger partial charge in [-0.05, 0) is 76.1 Å². The van der Waals surface area contributed by atoms with E-state index in [0.717, 1.165) is 33.1 Å². The minimum atomic E-state index is -4.20. The molecule has 0 aliphatic rings. The van der Waals surface area contributed by atoms with Crippen LogP contribution in [0.25, 0.3) is 0 Å². The van der Waals surface area contributed by atoms with Crippen LogP contribution < -0.4 is 9.62 Å². The smallest absolute Gasteiger partial charge is 0.264 e. The molecular weight excluding hydrogens is 517 g/mol. The largest absolute Gasteiger partial charge is 0.352 e. The first-order valence-corrected chi connectivity index (χ1v) is 14.4. The highest BCUT2D eigenvalue weighted by Gasteiger charge is 2.33. The summed E-state index contributed by atoms with van der Waals surface area (Å²) in [5, 5.41) is 2.87. The van der Waals surface area contributed by atoms with E-state index in [2.05, 4.69) is 5.32 Å². The van der Waals surface area contributed by atoms with E-state index in [-0.39, 0.29) is 29.1 Å². The zero-order valence-corrected chi connectivity index (χ0v) is 23.8. The number of amides is 2. The summed E-state index contributed by atoms with van der Waals surface area (Å²) < 4.78 is 42.3. The van der Waals surface area contributed by atoms with E-state index in [1.165, 1.54) is 29.2 Å². The summed E-state index contributed by atoms with van der Waals surface area (Å²) in [5.41, 5.74) is 2.87. The molecule has 1 N–H and O–H groups in total. The number of aryl methyl sites for hydroxylation is 2. The van der Waals surface area contributed by atoms with Crippen LogP contribution in [0, 0.1) is 19.7 Å². The van der Waals surface area contributed by atoms with Crippen LogP contribution in [0.1, 0.15) is 43.9 Å². The number of halogens is 1. The number of carbonyl (C=O) groups is 2. The molecule has 3 aromatic carbocycles. The van der Waals surface area contributed by atoms with Crippen molar-refractivity contribution in [1.82, 2.24) is 10.2 Å². The zero-order valence-electron chi connectivity index (χ0n) is 23.0. The average molecular weight is 554 g/mol. The highest BCUT2D eigenvalue weighted by atomic mass is 32.2. The maximum atomic E-state index is 14.0. The number of benzene rings is 3. The lowest BCUT2D eigenvalue weighted by molar-refractivity contribution is -0.140. The number of nitrogens with one attached hydrogen (secondary N) is 1. The summed E-state index contributed by atoms with van der Waals surface area (Å²) in [6.07, 6.45) is 0.331. The molecule has 7 nitrogen and oxygen atoms in total. The summed E-state index contributed by atoms with van der Waals surface area (Å²) >= 11 is 0. The van der Waals surface area contributed by atoms with Gasteiger partial charge < -0.3 is 10.2 Å². The second kappa shape index (κ2) is 12.9. The highest BCUT2D eigenvalue weighted by molar-refractivity contribution is 7.92. The molecule has 9 heteroatoms. The summed E-state index contributed by atoms with van der Waals surface area (Å²) in [6, 6.07) is 17.9. The second-order valence-corrected chi connectivity index (χ2v) is 11.8. The Bertz CT molecular complexity index is 1370. The number of rotatable bonds is 11. The molecular formula is C30H36FN3O4S. The summed E-state index contributed by atoms with van der Waals surface area (Å²) in [7, 11) is -4.20. The van der Waals surface area contributed by atoms with Crippen molar-refractivity contribution in [2.24, 2.45) is 0 Å². The van der Waals surface area contributed by atoms with Crippen molar-refractivity contribution in [2.75, 3.05) is 10.8 Å². The number of carbonyl (C=O) groups excluding carboxylic acids is 2. The molecule has 3 rings (SSSR count). The van der Waals surface area contributed by atoms with Crippen LogP contribution in [0.4, 0.5) is 10.1 Å². The van der Waals surface area contributed by atoms with Crippen LogP contribution >= 0.6 is 0 Å². The van der Waals surface area contributed by atoms with Gasteiger partial charge in [0.05, 0.1) is 10.6 Å². The van der Waals surface area contributed by atoms with Gasteiger partial charge in [-0.15, -0.1) is 0 Å². The van der Waals surface area contributed by atoms with E-state index in [9.17, 15) is 22.4 Å². The fourth-order valence-electron chi connectivity index (χ4n) is 4.16. The molecule has 0 saturated carbocycles. The Morgan fingerprint density at radius 1 is 0.872 bits per heavy atom. The lowest BCUT2D eigenvalue weighted by Crippen LogP contribution is -2.53. The third-order valence-electron chi connectivity index (χ3n) is 6.29. The van der Waals surface area contributed by atoms with Crippen molar-refractivity contribution < 1.29 is 22.4 Å². The van der Waals surface area contributed by atoms with Crippen molar-refractivity contribution in [2.45, 2.75) is 64.6 Å². The van der Waals surface area contributed by atoms with Crippen molar-refractivity contribution in [3.8, 4) is 0 Å². The molecule has 0 heterocycles. The van der Waals surface area contributed by atoms with Gasteiger partial charge >= 0.3 is 0 Å². The maximum Gasteiger partial charge on any atom is 0.264 e. The number of hydrogen-bond acceptors (Lipinski definition) is 4. The molecule has 0 bridgehead atoms. The first-order valence-electron chi connectivity index (χ1n) is 12.9. The standard InChI is InChI=1S/C30H36FN3O4S/c1-6-28(30(36)32-21(2)3)33(19-24-11-7-22(4)8-12-24)29(35)20-34(26-15-13-25(31)14-16-26)39(37,38)27-17-9-23(5)10-18-27/h7-18,21,28H,6,19-20H2,1-5H3,(H,32,36). The number of sulfonamides is 1. The van der Waals surface area contributed by atoms with E-state index in [4.69, 9.17) is 0 Å². The fourth-order valence-corrected chi connectivity index (χ4v) is 5.58. The molecule has 0 radical (unpaired) electrons. The van der Waals surface area contributed by atoms with Gasteiger partial charge in [0.2, 0.25) is 11.8 Å². The van der Waals surface area contributed by atoms with Gasteiger partial charge in [-0.2, -0.15) is 0 Å². The van der Waals surface area contributed by atoms with Crippen LogP contribution in [-0.2, 0) is 26.2 Å². The predicted molar refractivity (Wildman–Crippen MR) is 151 cm³/mol. The topological polar surface area (TPSA) is 86.8 Å². The molecule has 1 atom stereocenters. The van der Waals surface area contributed by atoms with E-state index in [1.807, 2.05) is 52.0 Å². The maximum absolute atomic E-state index is 14.0. The van der Waals surface area contributed by atoms with Gasteiger partial charge in [0.15, 0.2) is 0 Å². The molecule has 0 aliphatic carbocycles. The molecule has 208 valence electrons. The Morgan fingerprint density at radius 3 is 1.92 bits per heavy atom. The van der Waals surface area contributed by atoms with Crippen LogP contribution in [0.2, 0.25) is 0 Å². The number of hydrogen-bond donors (Lipinski definition) is 1. The Balaban J connectivity index is 2.05. The van der Waals surface area contributed by atoms with E-state index >= 15 is 0 Å². The van der Waals surface area contributed by atoms with Crippen LogP contribution in [0.5, 0.6) is 0 Å². The molecule has 1 unspecified atom stereocenters. The van der Waals surface area contributed by atoms with Crippen LogP contribution in [0.15, 0.2) is 77.7 Å². The molecule has 0 aromatic heterocycles. The normalized spacial score (nSPS) is 12.2. The molecule has 0 aliphatic heterocycles. The first-order chi connectivity index (χ1) is 18.4. The van der Waals surface area contributed by atoms with Crippen molar-refractivity contribution in [3.05, 3.63) is 95.3 Å². The number of nitrogens with zero attached hydrogens (tertiary/aromatic N) is 2. The van der Waals surface area contributed by atoms with Gasteiger partial charge in [-0.1, -0.05) is 54.4 Å². The van der Waals surface area contributed by atoms with Gasteiger partial charge in [-0.25, -0.2) is 12.8 Å². The van der Waals surface area contributed by atoms with Gasteiger partial charge in [0.1, 0.15) is 18.4 Å². The number of anilines is 1. The van der Waals surface area contributed by atoms with Crippen LogP contribution in [0.3, 0.4) is 0 Å². The Hall–Kier alpha value is -3.72. The van der Waals surface area contributed by atoms with Crippen molar-refractivity contribution in [1.29, 1.82) is 0 Å². The SMILES string of the molecule is CCC(C(=O)NC(C)C)N(Cc1ccc(C)cc1)C(=O)CN(c1ccc(F)cc1)S(=O)(=O)c1ccc(C)cc1. The van der Waals surface area contributed by atoms with E-state index in [0.29, 0.717) is 6.42 Å². The Labute approximate surface area is 230 Å².